The van der Waals surface area contributed by atoms with Crippen molar-refractivity contribution in [1.29, 1.82) is 5.26 Å². The van der Waals surface area contributed by atoms with Gasteiger partial charge in [0.25, 0.3) is 5.91 Å². The second kappa shape index (κ2) is 7.28. The van der Waals surface area contributed by atoms with Crippen LogP contribution in [0.4, 0.5) is 13.9 Å². The van der Waals surface area contributed by atoms with Gasteiger partial charge in [0, 0.05) is 17.1 Å². The number of benzene rings is 1. The molecule has 0 aliphatic rings. The van der Waals surface area contributed by atoms with Crippen molar-refractivity contribution in [3.05, 3.63) is 47.0 Å². The average Bonchev–Trinajstić information content (AvgIpc) is 2.98. The standard InChI is InChI=1S/C14H9F2N3O2S/c15-13(16)21-11-4-2-1-3-9(11)7-10(8-17)12(20)19-14-18-5-6-22-14/h1-7,13H,(H,18,19,20)/b10-7+. The number of para-hydroxylation sites is 1. The molecule has 0 saturated carbocycles. The van der Waals surface area contributed by atoms with Gasteiger partial charge < -0.3 is 4.74 Å². The maximum absolute atomic E-state index is 12.3. The molecule has 8 heteroatoms. The van der Waals surface area contributed by atoms with E-state index in [0.29, 0.717) is 5.13 Å². The number of carbonyl (C=O) groups excluding carboxylic acids is 1. The summed E-state index contributed by atoms with van der Waals surface area (Å²) in [6.07, 6.45) is 2.68. The van der Waals surface area contributed by atoms with Gasteiger partial charge in [-0.1, -0.05) is 18.2 Å². The van der Waals surface area contributed by atoms with Gasteiger partial charge in [-0.3, -0.25) is 10.1 Å². The van der Waals surface area contributed by atoms with Crippen LogP contribution in [0, 0.1) is 11.3 Å². The minimum atomic E-state index is -3.00. The van der Waals surface area contributed by atoms with Gasteiger partial charge in [0.05, 0.1) is 0 Å². The third kappa shape index (κ3) is 4.10. The van der Waals surface area contributed by atoms with Crippen LogP contribution in [0.3, 0.4) is 0 Å². The quantitative estimate of drug-likeness (QED) is 0.677. The molecule has 0 fully saturated rings. The molecule has 22 heavy (non-hydrogen) atoms. The maximum atomic E-state index is 12.3. The molecule has 1 aromatic heterocycles. The Morgan fingerprint density at radius 2 is 2.23 bits per heavy atom. The number of rotatable bonds is 5. The number of amides is 1. The Morgan fingerprint density at radius 1 is 1.45 bits per heavy atom. The van der Waals surface area contributed by atoms with E-state index in [1.807, 2.05) is 0 Å². The van der Waals surface area contributed by atoms with Crippen LogP contribution in [0.15, 0.2) is 41.4 Å². The van der Waals surface area contributed by atoms with E-state index in [-0.39, 0.29) is 16.9 Å². The van der Waals surface area contributed by atoms with E-state index >= 15 is 0 Å². The Kier molecular flexibility index (Phi) is 5.16. The molecule has 2 rings (SSSR count). The number of nitrogens with one attached hydrogen (secondary N) is 1. The lowest BCUT2D eigenvalue weighted by Gasteiger charge is -2.08. The third-order valence-corrected chi connectivity index (χ3v) is 3.14. The lowest BCUT2D eigenvalue weighted by Crippen LogP contribution is -2.13. The number of alkyl halides is 2. The van der Waals surface area contributed by atoms with Crippen molar-refractivity contribution in [3.63, 3.8) is 0 Å². The summed E-state index contributed by atoms with van der Waals surface area (Å²) in [5.74, 6) is -0.795. The Balaban J connectivity index is 2.25. The number of hydrogen-bond acceptors (Lipinski definition) is 5. The van der Waals surface area contributed by atoms with Crippen LogP contribution < -0.4 is 10.1 Å². The molecule has 0 atom stereocenters. The summed E-state index contributed by atoms with van der Waals surface area (Å²) in [6, 6.07) is 7.61. The van der Waals surface area contributed by atoms with E-state index in [2.05, 4.69) is 15.0 Å². The van der Waals surface area contributed by atoms with E-state index in [9.17, 15) is 13.6 Å². The van der Waals surface area contributed by atoms with Crippen LogP contribution in [0.2, 0.25) is 0 Å². The molecule has 0 aliphatic carbocycles. The van der Waals surface area contributed by atoms with Crippen molar-refractivity contribution in [3.8, 4) is 11.8 Å². The summed E-state index contributed by atoms with van der Waals surface area (Å²) in [4.78, 5) is 15.8. The molecule has 1 amide bonds. The van der Waals surface area contributed by atoms with Gasteiger partial charge in [-0.25, -0.2) is 4.98 Å². The average molecular weight is 321 g/mol. The topological polar surface area (TPSA) is 75.0 Å². The molecule has 0 aliphatic heterocycles. The zero-order valence-corrected chi connectivity index (χ0v) is 11.8. The second-order valence-corrected chi connectivity index (χ2v) is 4.77. The van der Waals surface area contributed by atoms with Crippen LogP contribution in [0.25, 0.3) is 6.08 Å². The van der Waals surface area contributed by atoms with Crippen molar-refractivity contribution in [2.24, 2.45) is 0 Å². The van der Waals surface area contributed by atoms with E-state index in [0.717, 1.165) is 0 Å². The number of ether oxygens (including phenoxy) is 1. The Bertz CT molecular complexity index is 724. The highest BCUT2D eigenvalue weighted by Crippen LogP contribution is 2.23. The zero-order valence-electron chi connectivity index (χ0n) is 11.0. The number of carbonyl (C=O) groups is 1. The largest absolute Gasteiger partial charge is 0.434 e. The number of nitriles is 1. The number of anilines is 1. The first-order chi connectivity index (χ1) is 10.6. The number of thiazole rings is 1. The third-order valence-electron chi connectivity index (χ3n) is 2.45. The summed E-state index contributed by atoms with van der Waals surface area (Å²) in [6.45, 7) is -3.00. The number of halogens is 2. The first-order valence-electron chi connectivity index (χ1n) is 5.96. The monoisotopic (exact) mass is 321 g/mol. The second-order valence-electron chi connectivity index (χ2n) is 3.88. The van der Waals surface area contributed by atoms with Gasteiger partial charge in [0.15, 0.2) is 5.13 Å². The van der Waals surface area contributed by atoms with Gasteiger partial charge >= 0.3 is 6.61 Å². The highest BCUT2D eigenvalue weighted by Gasteiger charge is 2.13. The van der Waals surface area contributed by atoms with Crippen LogP contribution in [-0.4, -0.2) is 17.5 Å². The van der Waals surface area contributed by atoms with E-state index < -0.39 is 12.5 Å². The summed E-state index contributed by atoms with van der Waals surface area (Å²) in [7, 11) is 0. The fourth-order valence-electron chi connectivity index (χ4n) is 1.56. The first kappa shape index (κ1) is 15.6. The van der Waals surface area contributed by atoms with Crippen LogP contribution in [0.5, 0.6) is 5.75 Å². The Labute approximate surface area is 128 Å². The molecule has 1 heterocycles. The molecule has 0 unspecified atom stereocenters. The molecule has 1 N–H and O–H groups in total. The molecule has 2 aromatic rings. The Hall–Kier alpha value is -2.79. The first-order valence-corrected chi connectivity index (χ1v) is 6.84. The van der Waals surface area contributed by atoms with Crippen molar-refractivity contribution in [2.75, 3.05) is 5.32 Å². The van der Waals surface area contributed by atoms with Crippen LogP contribution >= 0.6 is 11.3 Å². The molecule has 112 valence electrons. The lowest BCUT2D eigenvalue weighted by atomic mass is 10.1. The maximum Gasteiger partial charge on any atom is 0.387 e. The van der Waals surface area contributed by atoms with Crippen molar-refractivity contribution >= 4 is 28.5 Å². The molecule has 5 nitrogen and oxygen atoms in total. The van der Waals surface area contributed by atoms with Crippen molar-refractivity contribution in [2.45, 2.75) is 6.61 Å². The molecule has 1 aromatic carbocycles. The van der Waals surface area contributed by atoms with Crippen LogP contribution in [0.1, 0.15) is 5.56 Å². The smallest absolute Gasteiger partial charge is 0.387 e. The van der Waals surface area contributed by atoms with Crippen LogP contribution in [-0.2, 0) is 4.79 Å². The van der Waals surface area contributed by atoms with Gasteiger partial charge in [-0.05, 0) is 12.1 Å². The SMILES string of the molecule is N#C/C(=C\c1ccccc1OC(F)F)C(=O)Nc1nccs1. The van der Waals surface area contributed by atoms with Gasteiger partial charge in [0.1, 0.15) is 17.4 Å². The highest BCUT2D eigenvalue weighted by atomic mass is 32.1. The fourth-order valence-corrected chi connectivity index (χ4v) is 2.08. The van der Waals surface area contributed by atoms with Gasteiger partial charge in [0.2, 0.25) is 0 Å². The molecule has 0 saturated heterocycles. The summed E-state index contributed by atoms with van der Waals surface area (Å²) < 4.78 is 29.0. The van der Waals surface area contributed by atoms with E-state index in [1.54, 1.807) is 17.5 Å². The molecule has 0 spiro atoms. The molecular formula is C14H9F2N3O2S. The minimum Gasteiger partial charge on any atom is -0.434 e. The van der Waals surface area contributed by atoms with Gasteiger partial charge in [-0.2, -0.15) is 14.0 Å². The number of aromatic nitrogens is 1. The van der Waals surface area contributed by atoms with E-state index in [1.165, 1.54) is 41.8 Å². The fraction of sp³-hybridized carbons (Fsp3) is 0.0714. The zero-order chi connectivity index (χ0) is 15.9. The lowest BCUT2D eigenvalue weighted by molar-refractivity contribution is -0.112. The highest BCUT2D eigenvalue weighted by molar-refractivity contribution is 7.13. The summed E-state index contributed by atoms with van der Waals surface area (Å²) >= 11 is 1.19. The summed E-state index contributed by atoms with van der Waals surface area (Å²) in [5, 5.41) is 13.5. The number of hydrogen-bond donors (Lipinski definition) is 1. The minimum absolute atomic E-state index is 0.118. The number of nitrogens with zero attached hydrogens (tertiary/aromatic N) is 2. The molecular weight excluding hydrogens is 312 g/mol. The predicted octanol–water partition coefficient (Wildman–Crippen LogP) is 3.29. The Morgan fingerprint density at radius 3 is 2.86 bits per heavy atom. The van der Waals surface area contributed by atoms with Crippen molar-refractivity contribution in [1.82, 2.24) is 4.98 Å². The predicted molar refractivity (Wildman–Crippen MR) is 77.4 cm³/mol. The van der Waals surface area contributed by atoms with E-state index in [4.69, 9.17) is 5.26 Å². The normalized spacial score (nSPS) is 11.1. The molecule has 0 bridgehead atoms. The summed E-state index contributed by atoms with van der Waals surface area (Å²) in [5.41, 5.74) is -0.0471. The van der Waals surface area contributed by atoms with Gasteiger partial charge in [-0.15, -0.1) is 11.3 Å². The van der Waals surface area contributed by atoms with Crippen molar-refractivity contribution < 1.29 is 18.3 Å². The molecule has 0 radical (unpaired) electrons.